The topological polar surface area (TPSA) is 26.0 Å². The highest BCUT2D eigenvalue weighted by Gasteiger charge is 2.35. The first-order valence-corrected chi connectivity index (χ1v) is 8.86. The van der Waals surface area contributed by atoms with Gasteiger partial charge in [0.2, 0.25) is 0 Å². The summed E-state index contributed by atoms with van der Waals surface area (Å²) in [5.74, 6) is 0. The molecule has 0 aliphatic carbocycles. The molecule has 0 aliphatic rings. The van der Waals surface area contributed by atoms with Crippen molar-refractivity contribution in [1.82, 2.24) is 0 Å². The van der Waals surface area contributed by atoms with Gasteiger partial charge in [-0.1, -0.05) is 51.1 Å². The van der Waals surface area contributed by atoms with Gasteiger partial charge >= 0.3 is 0 Å². The van der Waals surface area contributed by atoms with Gasteiger partial charge in [0.15, 0.2) is 0 Å². The second-order valence-corrected chi connectivity index (χ2v) is 7.01. The van der Waals surface area contributed by atoms with Gasteiger partial charge in [-0.25, -0.2) is 0 Å². The van der Waals surface area contributed by atoms with Crippen LogP contribution in [0.1, 0.15) is 48.9 Å². The van der Waals surface area contributed by atoms with Crippen LogP contribution in [0.25, 0.3) is 0 Å². The first-order valence-electron chi connectivity index (χ1n) is 8.05. The van der Waals surface area contributed by atoms with Crippen LogP contribution in [0.2, 0.25) is 0 Å². The predicted molar refractivity (Wildman–Crippen MR) is 94.1 cm³/mol. The van der Waals surface area contributed by atoms with E-state index >= 15 is 0 Å². The molecule has 2 heteroatoms. The molecule has 1 atom stereocenters. The van der Waals surface area contributed by atoms with Gasteiger partial charge in [0, 0.05) is 21.2 Å². The molecular formula is C19H27NS. The summed E-state index contributed by atoms with van der Waals surface area (Å²) < 4.78 is 0. The van der Waals surface area contributed by atoms with E-state index < -0.39 is 0 Å². The number of aryl methyl sites for hydroxylation is 1. The van der Waals surface area contributed by atoms with Gasteiger partial charge in [-0.3, -0.25) is 0 Å². The van der Waals surface area contributed by atoms with E-state index in [1.807, 2.05) is 11.3 Å². The highest BCUT2D eigenvalue weighted by Crippen LogP contribution is 2.36. The Labute approximate surface area is 133 Å². The van der Waals surface area contributed by atoms with Crippen LogP contribution in [-0.4, -0.2) is 6.04 Å². The first-order chi connectivity index (χ1) is 10.2. The Kier molecular flexibility index (Phi) is 5.60. The third kappa shape index (κ3) is 3.38. The smallest absolute Gasteiger partial charge is 0.0185 e. The van der Waals surface area contributed by atoms with Crippen LogP contribution in [-0.2, 0) is 18.3 Å². The van der Waals surface area contributed by atoms with E-state index in [0.29, 0.717) is 0 Å². The highest BCUT2D eigenvalue weighted by atomic mass is 32.1. The maximum absolute atomic E-state index is 6.70. The molecule has 2 rings (SSSR count). The van der Waals surface area contributed by atoms with Crippen molar-refractivity contribution in [1.29, 1.82) is 0 Å². The lowest BCUT2D eigenvalue weighted by molar-refractivity contribution is 0.316. The maximum atomic E-state index is 6.70. The fraction of sp³-hybridized carbons (Fsp3) is 0.474. The maximum Gasteiger partial charge on any atom is 0.0185 e. The van der Waals surface area contributed by atoms with Crippen LogP contribution in [0.3, 0.4) is 0 Å². The summed E-state index contributed by atoms with van der Waals surface area (Å²) >= 11 is 1.91. The number of benzene rings is 1. The van der Waals surface area contributed by atoms with Crippen LogP contribution in [0.4, 0.5) is 0 Å². The third-order valence-corrected chi connectivity index (χ3v) is 6.06. The average Bonchev–Trinajstić information content (AvgIpc) is 2.98. The molecule has 0 spiro atoms. The summed E-state index contributed by atoms with van der Waals surface area (Å²) in [6.45, 7) is 6.74. The Morgan fingerprint density at radius 1 is 0.952 bits per heavy atom. The van der Waals surface area contributed by atoms with E-state index in [-0.39, 0.29) is 11.5 Å². The van der Waals surface area contributed by atoms with Crippen LogP contribution in [0, 0.1) is 0 Å². The van der Waals surface area contributed by atoms with Crippen molar-refractivity contribution in [2.75, 3.05) is 0 Å². The Hall–Kier alpha value is -1.12. The molecule has 0 bridgehead atoms. The summed E-state index contributed by atoms with van der Waals surface area (Å²) in [5.41, 5.74) is 8.16. The molecule has 0 fully saturated rings. The van der Waals surface area contributed by atoms with Gasteiger partial charge in [-0.2, -0.15) is 0 Å². The molecular weight excluding hydrogens is 274 g/mol. The van der Waals surface area contributed by atoms with Gasteiger partial charge in [0.25, 0.3) is 0 Å². The number of thiophene rings is 1. The van der Waals surface area contributed by atoms with Crippen molar-refractivity contribution < 1.29 is 0 Å². The molecule has 1 nitrogen and oxygen atoms in total. The molecule has 2 aromatic rings. The SMILES string of the molecule is CCc1ccc(CC(N)C(CC)(CC)c2ccccc2)s1. The normalized spacial score (nSPS) is 13.3. The lowest BCUT2D eigenvalue weighted by Crippen LogP contribution is -2.46. The zero-order valence-corrected chi connectivity index (χ0v) is 14.2. The largest absolute Gasteiger partial charge is 0.327 e. The number of rotatable bonds is 7. The molecule has 1 heterocycles. The van der Waals surface area contributed by atoms with Gasteiger partial charge in [-0.15, -0.1) is 11.3 Å². The monoisotopic (exact) mass is 301 g/mol. The molecule has 0 amide bonds. The zero-order valence-electron chi connectivity index (χ0n) is 13.4. The van der Waals surface area contributed by atoms with Gasteiger partial charge in [0.05, 0.1) is 0 Å². The standard InChI is InChI=1S/C19H27NS/c1-4-16-12-13-17(21-16)14-18(20)19(5-2,6-3)15-10-8-7-9-11-15/h7-13,18H,4-6,14,20H2,1-3H3. The zero-order chi connectivity index (χ0) is 15.3. The van der Waals surface area contributed by atoms with Gasteiger partial charge in [0.1, 0.15) is 0 Å². The van der Waals surface area contributed by atoms with E-state index in [2.05, 4.69) is 63.2 Å². The summed E-state index contributed by atoms with van der Waals surface area (Å²) in [4.78, 5) is 2.87. The molecule has 1 aromatic carbocycles. The van der Waals surface area contributed by atoms with E-state index in [9.17, 15) is 0 Å². The quantitative estimate of drug-likeness (QED) is 0.770. The second-order valence-electron chi connectivity index (χ2n) is 5.76. The molecule has 21 heavy (non-hydrogen) atoms. The minimum atomic E-state index is 0.0810. The molecule has 1 aromatic heterocycles. The van der Waals surface area contributed by atoms with Crippen LogP contribution in [0.15, 0.2) is 42.5 Å². The first kappa shape index (κ1) is 16.3. The van der Waals surface area contributed by atoms with Crippen molar-refractivity contribution >= 4 is 11.3 Å². The van der Waals surface area contributed by atoms with Crippen LogP contribution in [0.5, 0.6) is 0 Å². The molecule has 114 valence electrons. The fourth-order valence-electron chi connectivity index (χ4n) is 3.30. The molecule has 0 saturated carbocycles. The molecule has 0 aliphatic heterocycles. The lowest BCUT2D eigenvalue weighted by Gasteiger charge is -2.38. The fourth-order valence-corrected chi connectivity index (χ4v) is 4.32. The number of hydrogen-bond donors (Lipinski definition) is 1. The van der Waals surface area contributed by atoms with Crippen LogP contribution >= 0.6 is 11.3 Å². The van der Waals surface area contributed by atoms with E-state index in [4.69, 9.17) is 5.73 Å². The van der Waals surface area contributed by atoms with Crippen molar-refractivity contribution in [3.8, 4) is 0 Å². The van der Waals surface area contributed by atoms with Crippen molar-refractivity contribution in [2.45, 2.75) is 57.9 Å². The number of hydrogen-bond acceptors (Lipinski definition) is 2. The molecule has 0 saturated heterocycles. The van der Waals surface area contributed by atoms with Crippen molar-refractivity contribution in [2.24, 2.45) is 5.73 Å². The van der Waals surface area contributed by atoms with Crippen molar-refractivity contribution in [3.63, 3.8) is 0 Å². The second kappa shape index (κ2) is 7.24. The summed E-state index contributed by atoms with van der Waals surface area (Å²) in [6, 6.07) is 15.5. The Morgan fingerprint density at radius 2 is 1.57 bits per heavy atom. The predicted octanol–water partition coefficient (Wildman–Crippen LogP) is 4.94. The average molecular weight is 301 g/mol. The van der Waals surface area contributed by atoms with E-state index in [1.54, 1.807) is 0 Å². The molecule has 1 unspecified atom stereocenters. The molecule has 0 radical (unpaired) electrons. The van der Waals surface area contributed by atoms with Gasteiger partial charge in [-0.05, 0) is 43.4 Å². The van der Waals surface area contributed by atoms with E-state index in [1.165, 1.54) is 15.3 Å². The minimum Gasteiger partial charge on any atom is -0.327 e. The highest BCUT2D eigenvalue weighted by molar-refractivity contribution is 7.11. The Morgan fingerprint density at radius 3 is 2.10 bits per heavy atom. The summed E-state index contributed by atoms with van der Waals surface area (Å²) in [6.07, 6.45) is 4.26. The summed E-state index contributed by atoms with van der Waals surface area (Å²) in [5, 5.41) is 0. The lowest BCUT2D eigenvalue weighted by atomic mass is 9.69. The molecule has 2 N–H and O–H groups in total. The van der Waals surface area contributed by atoms with Crippen LogP contribution < -0.4 is 5.73 Å². The van der Waals surface area contributed by atoms with E-state index in [0.717, 1.165) is 25.7 Å². The summed E-state index contributed by atoms with van der Waals surface area (Å²) in [7, 11) is 0. The third-order valence-electron chi connectivity index (χ3n) is 4.81. The Bertz CT molecular complexity index is 540. The van der Waals surface area contributed by atoms with Crippen molar-refractivity contribution in [3.05, 3.63) is 57.8 Å². The Balaban J connectivity index is 2.25. The minimum absolute atomic E-state index is 0.0810. The van der Waals surface area contributed by atoms with Gasteiger partial charge < -0.3 is 5.73 Å². The number of nitrogens with two attached hydrogens (primary N) is 1.